The van der Waals surface area contributed by atoms with Crippen LogP contribution in [-0.2, 0) is 35.4 Å². The standard InChI is InChI=1S/C34H45N5O3/c1-25(2)16-32(35)33(40)11-5-7-26-6-3-8-27(17-26)19-30-21-31(37-24-36-30)20-28-9-4-10-29(18-28)22-38-12-14-39(15-13-38)23-34(41)42/h3-4,6,8-10,17-18,21,24-25,32H,5,7,11-16,19-20,22-23,35H2,1-2H3,(H,41,42)/t32-/m1/s1. The lowest BCUT2D eigenvalue weighted by atomic mass is 9.96. The summed E-state index contributed by atoms with van der Waals surface area (Å²) in [6.45, 7) is 8.48. The molecule has 8 nitrogen and oxygen atoms in total. The van der Waals surface area contributed by atoms with Gasteiger partial charge in [-0.25, -0.2) is 9.97 Å². The summed E-state index contributed by atoms with van der Waals surface area (Å²) in [4.78, 5) is 36.8. The molecular formula is C34H45N5O3. The first-order valence-electron chi connectivity index (χ1n) is 15.1. The Kier molecular flexibility index (Phi) is 11.7. The van der Waals surface area contributed by atoms with Crippen molar-refractivity contribution < 1.29 is 14.7 Å². The van der Waals surface area contributed by atoms with Gasteiger partial charge in [0.15, 0.2) is 0 Å². The summed E-state index contributed by atoms with van der Waals surface area (Å²) in [5.74, 6) is -0.172. The van der Waals surface area contributed by atoms with Gasteiger partial charge in [-0.1, -0.05) is 62.4 Å². The number of benzene rings is 2. The molecule has 1 saturated heterocycles. The molecule has 1 fully saturated rings. The second-order valence-corrected chi connectivity index (χ2v) is 12.0. The molecule has 0 unspecified atom stereocenters. The zero-order valence-electron chi connectivity index (χ0n) is 25.0. The quantitative estimate of drug-likeness (QED) is 0.280. The van der Waals surface area contributed by atoms with Crippen LogP contribution in [0.3, 0.4) is 0 Å². The van der Waals surface area contributed by atoms with Crippen LogP contribution in [0.2, 0.25) is 0 Å². The maximum absolute atomic E-state index is 12.3. The number of ketones is 1. The Morgan fingerprint density at radius 1 is 0.857 bits per heavy atom. The highest BCUT2D eigenvalue weighted by atomic mass is 16.4. The van der Waals surface area contributed by atoms with E-state index in [0.717, 1.165) is 76.2 Å². The number of hydrogen-bond donors (Lipinski definition) is 2. The van der Waals surface area contributed by atoms with Gasteiger partial charge in [0, 0.05) is 63.4 Å². The van der Waals surface area contributed by atoms with Crippen LogP contribution in [0.15, 0.2) is 60.9 Å². The van der Waals surface area contributed by atoms with E-state index in [1.807, 2.05) is 4.90 Å². The molecule has 1 aliphatic heterocycles. The largest absolute Gasteiger partial charge is 0.480 e. The molecule has 4 rings (SSSR count). The van der Waals surface area contributed by atoms with Crippen LogP contribution in [0.5, 0.6) is 0 Å². The van der Waals surface area contributed by atoms with Gasteiger partial charge in [-0.15, -0.1) is 0 Å². The maximum atomic E-state index is 12.3. The Morgan fingerprint density at radius 3 is 2.05 bits per heavy atom. The average Bonchev–Trinajstić information content (AvgIpc) is 2.94. The number of carbonyl (C=O) groups is 2. The van der Waals surface area contributed by atoms with Gasteiger partial charge in [-0.2, -0.15) is 0 Å². The van der Waals surface area contributed by atoms with Gasteiger partial charge < -0.3 is 10.8 Å². The van der Waals surface area contributed by atoms with Crippen LogP contribution in [0.4, 0.5) is 0 Å². The molecule has 3 aromatic rings. The van der Waals surface area contributed by atoms with Crippen LogP contribution >= 0.6 is 0 Å². The minimum Gasteiger partial charge on any atom is -0.480 e. The zero-order valence-corrected chi connectivity index (χ0v) is 25.0. The number of Topliss-reactive ketones (excluding diaryl/α,β-unsaturated/α-hetero) is 1. The molecule has 42 heavy (non-hydrogen) atoms. The van der Waals surface area contributed by atoms with Crippen molar-refractivity contribution in [3.63, 3.8) is 0 Å². The van der Waals surface area contributed by atoms with Crippen molar-refractivity contribution in [1.82, 2.24) is 19.8 Å². The number of nitrogens with two attached hydrogens (primary N) is 1. The number of nitrogens with zero attached hydrogens (tertiary/aromatic N) is 4. The fourth-order valence-electron chi connectivity index (χ4n) is 5.64. The molecule has 2 aromatic carbocycles. The molecule has 0 bridgehead atoms. The lowest BCUT2D eigenvalue weighted by Crippen LogP contribution is -2.47. The molecule has 0 spiro atoms. The van der Waals surface area contributed by atoms with E-state index in [1.54, 1.807) is 6.33 Å². The van der Waals surface area contributed by atoms with Crippen LogP contribution in [0.1, 0.15) is 66.8 Å². The molecule has 2 heterocycles. The number of piperazine rings is 1. The number of rotatable bonds is 15. The Hall–Kier alpha value is -3.46. The minimum absolute atomic E-state index is 0.117. The van der Waals surface area contributed by atoms with E-state index < -0.39 is 5.97 Å². The molecule has 8 heteroatoms. The molecule has 3 N–H and O–H groups in total. The molecule has 1 aromatic heterocycles. The molecule has 0 saturated carbocycles. The van der Waals surface area contributed by atoms with E-state index in [2.05, 4.69) is 83.3 Å². The predicted molar refractivity (Wildman–Crippen MR) is 165 cm³/mol. The topological polar surface area (TPSA) is 113 Å². The van der Waals surface area contributed by atoms with Crippen molar-refractivity contribution in [2.45, 2.75) is 65.0 Å². The summed E-state index contributed by atoms with van der Waals surface area (Å²) in [5, 5.41) is 9.02. The van der Waals surface area contributed by atoms with Crippen molar-refractivity contribution in [3.8, 4) is 0 Å². The number of hydrogen-bond acceptors (Lipinski definition) is 7. The predicted octanol–water partition coefficient (Wildman–Crippen LogP) is 4.13. The summed E-state index contributed by atoms with van der Waals surface area (Å²) in [6.07, 6.45) is 6.07. The molecule has 1 aliphatic rings. The normalized spacial score (nSPS) is 15.1. The van der Waals surface area contributed by atoms with E-state index >= 15 is 0 Å². The maximum Gasteiger partial charge on any atom is 0.317 e. The molecule has 0 amide bonds. The third kappa shape index (κ3) is 10.4. The highest BCUT2D eigenvalue weighted by Gasteiger charge is 2.19. The number of aryl methyl sites for hydroxylation is 1. The Morgan fingerprint density at radius 2 is 1.43 bits per heavy atom. The van der Waals surface area contributed by atoms with Crippen molar-refractivity contribution in [2.24, 2.45) is 11.7 Å². The van der Waals surface area contributed by atoms with E-state index in [-0.39, 0.29) is 18.4 Å². The Labute approximate surface area is 250 Å². The first kappa shape index (κ1) is 31.5. The molecule has 0 aliphatic carbocycles. The fraction of sp³-hybridized carbons (Fsp3) is 0.471. The van der Waals surface area contributed by atoms with Gasteiger partial charge >= 0.3 is 5.97 Å². The third-order valence-electron chi connectivity index (χ3n) is 7.79. The Bertz CT molecular complexity index is 1320. The third-order valence-corrected chi connectivity index (χ3v) is 7.79. The summed E-state index contributed by atoms with van der Waals surface area (Å²) < 4.78 is 0. The second kappa shape index (κ2) is 15.7. The average molecular weight is 572 g/mol. The molecule has 1 atom stereocenters. The van der Waals surface area contributed by atoms with E-state index in [0.29, 0.717) is 12.3 Å². The smallest absolute Gasteiger partial charge is 0.317 e. The first-order chi connectivity index (χ1) is 20.2. The van der Waals surface area contributed by atoms with Gasteiger partial charge in [0.1, 0.15) is 12.1 Å². The number of aromatic nitrogens is 2. The second-order valence-electron chi connectivity index (χ2n) is 12.0. The molecular weight excluding hydrogens is 526 g/mol. The van der Waals surface area contributed by atoms with Crippen molar-refractivity contribution in [2.75, 3.05) is 32.7 Å². The summed E-state index contributed by atoms with van der Waals surface area (Å²) in [6, 6.07) is 18.9. The van der Waals surface area contributed by atoms with E-state index in [4.69, 9.17) is 10.8 Å². The molecule has 0 radical (unpaired) electrons. The summed E-state index contributed by atoms with van der Waals surface area (Å²) >= 11 is 0. The SMILES string of the molecule is CC(C)C[C@@H](N)C(=O)CCCc1cccc(Cc2cc(Cc3cccc(CN4CCN(CC(=O)O)CC4)c3)ncn2)c1. The number of aliphatic carboxylic acids is 1. The van der Waals surface area contributed by atoms with Crippen LogP contribution in [0, 0.1) is 5.92 Å². The van der Waals surface area contributed by atoms with E-state index in [1.165, 1.54) is 22.3 Å². The number of carbonyl (C=O) groups excluding carboxylic acids is 1. The van der Waals surface area contributed by atoms with Crippen LogP contribution in [-0.4, -0.2) is 75.4 Å². The molecule has 224 valence electrons. The highest BCUT2D eigenvalue weighted by molar-refractivity contribution is 5.83. The highest BCUT2D eigenvalue weighted by Crippen LogP contribution is 2.17. The fourth-order valence-corrected chi connectivity index (χ4v) is 5.64. The Balaban J connectivity index is 1.28. The first-order valence-corrected chi connectivity index (χ1v) is 15.1. The lowest BCUT2D eigenvalue weighted by molar-refractivity contribution is -0.138. The zero-order chi connectivity index (χ0) is 29.9. The number of carboxylic acids is 1. The van der Waals surface area contributed by atoms with Crippen molar-refractivity contribution in [3.05, 3.63) is 94.6 Å². The summed E-state index contributed by atoms with van der Waals surface area (Å²) in [5.41, 5.74) is 12.9. The van der Waals surface area contributed by atoms with Crippen molar-refractivity contribution >= 4 is 11.8 Å². The monoisotopic (exact) mass is 571 g/mol. The summed E-state index contributed by atoms with van der Waals surface area (Å²) in [7, 11) is 0. The van der Waals surface area contributed by atoms with Crippen LogP contribution in [0.25, 0.3) is 0 Å². The van der Waals surface area contributed by atoms with Crippen molar-refractivity contribution in [1.29, 1.82) is 0 Å². The van der Waals surface area contributed by atoms with Crippen LogP contribution < -0.4 is 5.73 Å². The van der Waals surface area contributed by atoms with Gasteiger partial charge in [0.2, 0.25) is 0 Å². The lowest BCUT2D eigenvalue weighted by Gasteiger charge is -2.33. The van der Waals surface area contributed by atoms with Gasteiger partial charge in [-0.3, -0.25) is 19.4 Å². The van der Waals surface area contributed by atoms with Gasteiger partial charge in [-0.05, 0) is 53.5 Å². The minimum atomic E-state index is -0.763. The van der Waals surface area contributed by atoms with E-state index in [9.17, 15) is 9.59 Å². The number of carboxylic acid groups (broad SMARTS) is 1. The van der Waals surface area contributed by atoms with Gasteiger partial charge in [0.05, 0.1) is 12.6 Å². The van der Waals surface area contributed by atoms with Gasteiger partial charge in [0.25, 0.3) is 0 Å².